The second kappa shape index (κ2) is 7.16. The molecule has 0 aromatic heterocycles. The molecule has 0 heterocycles. The number of methoxy groups -OCH3 is 2. The summed E-state index contributed by atoms with van der Waals surface area (Å²) >= 11 is 9.56. The fourth-order valence-electron chi connectivity index (χ4n) is 2.11. The summed E-state index contributed by atoms with van der Waals surface area (Å²) in [6.45, 7) is 0. The van der Waals surface area contributed by atoms with Gasteiger partial charge in [0, 0.05) is 21.5 Å². The average molecular weight is 372 g/mol. The molecule has 0 amide bonds. The number of benzene rings is 2. The van der Waals surface area contributed by atoms with Crippen LogP contribution in [0.1, 0.15) is 17.2 Å². The molecule has 112 valence electrons. The van der Waals surface area contributed by atoms with Gasteiger partial charge in [-0.3, -0.25) is 0 Å². The maximum Gasteiger partial charge on any atom is 0.124 e. The van der Waals surface area contributed by atoms with Crippen LogP contribution in [0, 0.1) is 0 Å². The van der Waals surface area contributed by atoms with E-state index in [1.807, 2.05) is 18.2 Å². The number of halogens is 2. The van der Waals surface area contributed by atoms with Gasteiger partial charge >= 0.3 is 0 Å². The van der Waals surface area contributed by atoms with Crippen LogP contribution in [0.25, 0.3) is 0 Å². The Bertz CT molecular complexity index is 631. The van der Waals surface area contributed by atoms with Gasteiger partial charge in [-0.1, -0.05) is 33.6 Å². The number of ether oxygens (including phenoxy) is 2. The zero-order chi connectivity index (χ0) is 15.4. The molecule has 0 radical (unpaired) electrons. The maximum absolute atomic E-state index is 10.5. The average Bonchev–Trinajstić information content (AvgIpc) is 2.49. The van der Waals surface area contributed by atoms with Crippen LogP contribution in [0.3, 0.4) is 0 Å². The predicted octanol–water partition coefficient (Wildman–Crippen LogP) is 4.40. The predicted molar refractivity (Wildman–Crippen MR) is 87.4 cm³/mol. The molecule has 0 aliphatic heterocycles. The molecule has 0 aliphatic rings. The van der Waals surface area contributed by atoms with E-state index in [-0.39, 0.29) is 0 Å². The monoisotopic (exact) mass is 370 g/mol. The molecular formula is C16H16BrClO3. The van der Waals surface area contributed by atoms with Gasteiger partial charge in [0.15, 0.2) is 0 Å². The summed E-state index contributed by atoms with van der Waals surface area (Å²) in [4.78, 5) is 0. The van der Waals surface area contributed by atoms with Crippen molar-refractivity contribution in [2.24, 2.45) is 0 Å². The van der Waals surface area contributed by atoms with Crippen LogP contribution in [0.4, 0.5) is 0 Å². The molecule has 1 unspecified atom stereocenters. The minimum atomic E-state index is -0.728. The molecule has 21 heavy (non-hydrogen) atoms. The zero-order valence-corrected chi connectivity index (χ0v) is 14.1. The molecule has 2 rings (SSSR count). The second-order valence-electron chi connectivity index (χ2n) is 4.56. The molecule has 0 fully saturated rings. The highest BCUT2D eigenvalue weighted by Crippen LogP contribution is 2.33. The van der Waals surface area contributed by atoms with Gasteiger partial charge in [-0.25, -0.2) is 0 Å². The van der Waals surface area contributed by atoms with Crippen molar-refractivity contribution in [3.8, 4) is 11.5 Å². The van der Waals surface area contributed by atoms with E-state index in [0.717, 1.165) is 10.0 Å². The fraction of sp³-hybridized carbons (Fsp3) is 0.250. The van der Waals surface area contributed by atoms with Crippen LogP contribution in [0.15, 0.2) is 40.9 Å². The number of hydrogen-bond acceptors (Lipinski definition) is 3. The Hall–Kier alpha value is -1.23. The lowest BCUT2D eigenvalue weighted by atomic mass is 10.0. The summed E-state index contributed by atoms with van der Waals surface area (Å²) in [5.41, 5.74) is 1.55. The van der Waals surface area contributed by atoms with Crippen molar-refractivity contribution in [3.05, 3.63) is 57.0 Å². The quantitative estimate of drug-likeness (QED) is 0.847. The number of aliphatic hydroxyl groups is 1. The van der Waals surface area contributed by atoms with Gasteiger partial charge in [-0.15, -0.1) is 0 Å². The lowest BCUT2D eigenvalue weighted by Crippen LogP contribution is -2.05. The topological polar surface area (TPSA) is 38.7 Å². The van der Waals surface area contributed by atoms with E-state index < -0.39 is 6.10 Å². The minimum Gasteiger partial charge on any atom is -0.497 e. The molecule has 0 aliphatic carbocycles. The second-order valence-corrected chi connectivity index (χ2v) is 5.89. The molecule has 1 N–H and O–H groups in total. The molecule has 5 heteroatoms. The Morgan fingerprint density at radius 2 is 1.90 bits per heavy atom. The molecule has 0 spiro atoms. The lowest BCUT2D eigenvalue weighted by molar-refractivity contribution is 0.173. The summed E-state index contributed by atoms with van der Waals surface area (Å²) in [6.07, 6.45) is -0.330. The minimum absolute atomic E-state index is 0.398. The highest BCUT2D eigenvalue weighted by molar-refractivity contribution is 9.10. The molecule has 0 saturated carbocycles. The first-order valence-corrected chi connectivity index (χ1v) is 7.56. The third-order valence-electron chi connectivity index (χ3n) is 3.22. The normalized spacial score (nSPS) is 12.0. The lowest BCUT2D eigenvalue weighted by Gasteiger charge is -2.16. The van der Waals surface area contributed by atoms with E-state index in [1.54, 1.807) is 32.4 Å². The highest BCUT2D eigenvalue weighted by Gasteiger charge is 2.16. The summed E-state index contributed by atoms with van der Waals surface area (Å²) < 4.78 is 11.4. The van der Waals surface area contributed by atoms with Crippen LogP contribution in [-0.2, 0) is 6.42 Å². The van der Waals surface area contributed by atoms with Crippen molar-refractivity contribution in [1.82, 2.24) is 0 Å². The molecule has 1 atom stereocenters. The van der Waals surface area contributed by atoms with Gasteiger partial charge in [0.25, 0.3) is 0 Å². The standard InChI is InChI=1S/C16H16BrClO3/c1-20-12-5-6-16(21-2)13(9-12)15(19)7-10-3-4-11(17)8-14(10)18/h3-6,8-9,15,19H,7H2,1-2H3. The van der Waals surface area contributed by atoms with Crippen molar-refractivity contribution in [2.75, 3.05) is 14.2 Å². The Balaban J connectivity index is 2.28. The van der Waals surface area contributed by atoms with Gasteiger partial charge in [0.05, 0.1) is 20.3 Å². The van der Waals surface area contributed by atoms with E-state index in [4.69, 9.17) is 21.1 Å². The first-order chi connectivity index (χ1) is 10.0. The van der Waals surface area contributed by atoms with Crippen molar-refractivity contribution in [1.29, 1.82) is 0 Å². The third kappa shape index (κ3) is 3.90. The van der Waals surface area contributed by atoms with E-state index in [0.29, 0.717) is 28.5 Å². The van der Waals surface area contributed by atoms with Gasteiger partial charge in [0.1, 0.15) is 11.5 Å². The van der Waals surface area contributed by atoms with Gasteiger partial charge in [-0.05, 0) is 35.9 Å². The van der Waals surface area contributed by atoms with Crippen molar-refractivity contribution in [2.45, 2.75) is 12.5 Å². The summed E-state index contributed by atoms with van der Waals surface area (Å²) in [5, 5.41) is 11.1. The first-order valence-electron chi connectivity index (χ1n) is 6.39. The number of rotatable bonds is 5. The Morgan fingerprint density at radius 3 is 2.52 bits per heavy atom. The van der Waals surface area contributed by atoms with Crippen molar-refractivity contribution >= 4 is 27.5 Å². The molecule has 2 aromatic rings. The van der Waals surface area contributed by atoms with Crippen molar-refractivity contribution < 1.29 is 14.6 Å². The van der Waals surface area contributed by atoms with Gasteiger partial charge in [0.2, 0.25) is 0 Å². The van der Waals surface area contributed by atoms with E-state index in [2.05, 4.69) is 15.9 Å². The van der Waals surface area contributed by atoms with Crippen LogP contribution in [-0.4, -0.2) is 19.3 Å². The van der Waals surface area contributed by atoms with E-state index in [9.17, 15) is 5.11 Å². The van der Waals surface area contributed by atoms with Crippen LogP contribution in [0.5, 0.6) is 11.5 Å². The van der Waals surface area contributed by atoms with Gasteiger partial charge in [-0.2, -0.15) is 0 Å². The van der Waals surface area contributed by atoms with Crippen LogP contribution in [0.2, 0.25) is 5.02 Å². The first kappa shape index (κ1) is 16.1. The molecule has 0 saturated heterocycles. The van der Waals surface area contributed by atoms with E-state index >= 15 is 0 Å². The molecule has 2 aromatic carbocycles. The zero-order valence-electron chi connectivity index (χ0n) is 11.8. The molecule has 0 bridgehead atoms. The SMILES string of the molecule is COc1ccc(OC)c(C(O)Cc2ccc(Br)cc2Cl)c1. The van der Waals surface area contributed by atoms with E-state index in [1.165, 1.54) is 0 Å². The maximum atomic E-state index is 10.5. The Labute approximate surface area is 137 Å². The van der Waals surface area contributed by atoms with Crippen LogP contribution >= 0.6 is 27.5 Å². The summed E-state index contributed by atoms with van der Waals surface area (Å²) in [6, 6.07) is 10.9. The third-order valence-corrected chi connectivity index (χ3v) is 4.07. The smallest absolute Gasteiger partial charge is 0.124 e. The number of hydrogen-bond donors (Lipinski definition) is 1. The number of aliphatic hydroxyl groups excluding tert-OH is 1. The largest absolute Gasteiger partial charge is 0.497 e. The molecular weight excluding hydrogens is 356 g/mol. The van der Waals surface area contributed by atoms with Crippen LogP contribution < -0.4 is 9.47 Å². The Kier molecular flexibility index (Phi) is 5.51. The van der Waals surface area contributed by atoms with Gasteiger partial charge < -0.3 is 14.6 Å². The van der Waals surface area contributed by atoms with Crippen molar-refractivity contribution in [3.63, 3.8) is 0 Å². The summed E-state index contributed by atoms with van der Waals surface area (Å²) in [7, 11) is 3.16. The Morgan fingerprint density at radius 1 is 1.14 bits per heavy atom. The summed E-state index contributed by atoms with van der Waals surface area (Å²) in [5.74, 6) is 1.29. The molecule has 3 nitrogen and oxygen atoms in total. The fourth-order valence-corrected chi connectivity index (χ4v) is 2.86. The highest BCUT2D eigenvalue weighted by atomic mass is 79.9.